The highest BCUT2D eigenvalue weighted by Gasteiger charge is 2.21. The molecule has 1 aromatic rings. The topological polar surface area (TPSA) is 94.6 Å². The number of rotatable bonds is 5. The molecule has 0 aliphatic carbocycles. The van der Waals surface area contributed by atoms with Crippen LogP contribution in [0.25, 0.3) is 0 Å². The smallest absolute Gasteiger partial charge is 0.321 e. The van der Waals surface area contributed by atoms with Gasteiger partial charge in [0.25, 0.3) is 0 Å². The Morgan fingerprint density at radius 2 is 1.50 bits per heavy atom. The van der Waals surface area contributed by atoms with E-state index in [2.05, 4.69) is 0 Å². The second kappa shape index (κ2) is 5.92. The highest BCUT2D eigenvalue weighted by Crippen LogP contribution is 2.16. The zero-order valence-corrected chi connectivity index (χ0v) is 13.0. The first-order chi connectivity index (χ1) is 9.02. The summed E-state index contributed by atoms with van der Waals surface area (Å²) in [5, 5.41) is 0. The van der Waals surface area contributed by atoms with E-state index in [-0.39, 0.29) is 9.79 Å². The lowest BCUT2D eigenvalue weighted by Gasteiger charge is -2.08. The first-order valence-corrected chi connectivity index (χ1v) is 9.29. The lowest BCUT2D eigenvalue weighted by atomic mass is 10.4. The van der Waals surface area contributed by atoms with Crippen molar-refractivity contribution in [3.63, 3.8) is 0 Å². The molecule has 0 aromatic heterocycles. The lowest BCUT2D eigenvalue weighted by Crippen LogP contribution is -2.21. The Morgan fingerprint density at radius 3 is 1.90 bits per heavy atom. The number of carbonyl (C=O) groups is 1. The third-order valence-corrected chi connectivity index (χ3v) is 5.02. The molecule has 0 saturated heterocycles. The normalized spacial score (nSPS) is 12.4. The van der Waals surface area contributed by atoms with E-state index in [0.717, 1.165) is 18.4 Å². The highest BCUT2D eigenvalue weighted by atomic mass is 32.2. The van der Waals surface area contributed by atoms with Gasteiger partial charge in [-0.1, -0.05) is 0 Å². The van der Waals surface area contributed by atoms with Crippen LogP contribution in [-0.4, -0.2) is 40.9 Å². The van der Waals surface area contributed by atoms with Crippen molar-refractivity contribution in [1.29, 1.82) is 0 Å². The number of benzene rings is 1. The van der Waals surface area contributed by atoms with Crippen molar-refractivity contribution in [2.75, 3.05) is 12.0 Å². The fraction of sp³-hybridized carbons (Fsp3) is 0.417. The number of ether oxygens (including phenoxy) is 1. The summed E-state index contributed by atoms with van der Waals surface area (Å²) in [7, 11) is -7.23. The van der Waals surface area contributed by atoms with Gasteiger partial charge >= 0.3 is 5.97 Å². The fourth-order valence-corrected chi connectivity index (χ4v) is 3.16. The van der Waals surface area contributed by atoms with Crippen molar-refractivity contribution in [3.8, 4) is 0 Å². The Morgan fingerprint density at radius 1 is 1.05 bits per heavy atom. The van der Waals surface area contributed by atoms with E-state index in [1.54, 1.807) is 13.8 Å². The molecule has 0 spiro atoms. The van der Waals surface area contributed by atoms with E-state index in [1.807, 2.05) is 0 Å². The maximum absolute atomic E-state index is 11.9. The SMILES string of the molecule is CC(C)OC(=O)CS(=O)(=O)c1ccc(S(C)(=O)=O)cc1. The van der Waals surface area contributed by atoms with Crippen molar-refractivity contribution in [1.82, 2.24) is 0 Å². The summed E-state index contributed by atoms with van der Waals surface area (Å²) in [5.41, 5.74) is 0. The Hall–Kier alpha value is -1.41. The summed E-state index contributed by atoms with van der Waals surface area (Å²) in [6.45, 7) is 3.23. The maximum atomic E-state index is 11.9. The Bertz CT molecular complexity index is 684. The average Bonchev–Trinajstić information content (AvgIpc) is 2.26. The predicted molar refractivity (Wildman–Crippen MR) is 72.8 cm³/mol. The summed E-state index contributed by atoms with van der Waals surface area (Å²) in [6, 6.07) is 4.70. The van der Waals surface area contributed by atoms with Crippen LogP contribution in [0, 0.1) is 0 Å². The third kappa shape index (κ3) is 4.61. The summed E-state index contributed by atoms with van der Waals surface area (Å²) < 4.78 is 51.2. The number of carbonyl (C=O) groups excluding carboxylic acids is 1. The molecule has 0 fully saturated rings. The molecule has 20 heavy (non-hydrogen) atoms. The van der Waals surface area contributed by atoms with Gasteiger partial charge in [-0.25, -0.2) is 16.8 Å². The first-order valence-electron chi connectivity index (χ1n) is 5.75. The zero-order chi connectivity index (χ0) is 15.6. The molecule has 0 aliphatic rings. The Labute approximate surface area is 118 Å². The summed E-state index contributed by atoms with van der Waals surface area (Å²) in [6.07, 6.45) is 0.626. The number of esters is 1. The highest BCUT2D eigenvalue weighted by molar-refractivity contribution is 7.92. The van der Waals surface area contributed by atoms with Gasteiger partial charge in [0.1, 0.15) is 0 Å². The van der Waals surface area contributed by atoms with Gasteiger partial charge in [0, 0.05) is 6.26 Å². The van der Waals surface area contributed by atoms with Crippen LogP contribution in [0.15, 0.2) is 34.1 Å². The van der Waals surface area contributed by atoms with E-state index in [1.165, 1.54) is 12.1 Å². The van der Waals surface area contributed by atoms with Crippen LogP contribution in [-0.2, 0) is 29.2 Å². The monoisotopic (exact) mass is 320 g/mol. The fourth-order valence-electron chi connectivity index (χ4n) is 1.43. The summed E-state index contributed by atoms with van der Waals surface area (Å²) in [5.74, 6) is -1.61. The van der Waals surface area contributed by atoms with E-state index >= 15 is 0 Å². The molecule has 0 saturated carbocycles. The van der Waals surface area contributed by atoms with Crippen molar-refractivity contribution >= 4 is 25.6 Å². The van der Waals surface area contributed by atoms with Gasteiger partial charge < -0.3 is 4.74 Å². The summed E-state index contributed by atoms with van der Waals surface area (Å²) >= 11 is 0. The minimum absolute atomic E-state index is 0.0150. The molecule has 6 nitrogen and oxygen atoms in total. The molecule has 0 amide bonds. The molecule has 0 heterocycles. The average molecular weight is 320 g/mol. The van der Waals surface area contributed by atoms with Crippen LogP contribution < -0.4 is 0 Å². The van der Waals surface area contributed by atoms with E-state index in [4.69, 9.17) is 4.74 Å². The number of hydrogen-bond donors (Lipinski definition) is 0. The van der Waals surface area contributed by atoms with Gasteiger partial charge in [0.2, 0.25) is 0 Å². The Kier molecular flexibility index (Phi) is 4.93. The van der Waals surface area contributed by atoms with Crippen molar-refractivity contribution < 1.29 is 26.4 Å². The molecule has 0 atom stereocenters. The molecule has 0 unspecified atom stereocenters. The molecule has 0 aliphatic heterocycles. The van der Waals surface area contributed by atoms with Crippen molar-refractivity contribution in [2.24, 2.45) is 0 Å². The van der Waals surface area contributed by atoms with Crippen LogP contribution in [0.2, 0.25) is 0 Å². The van der Waals surface area contributed by atoms with Crippen LogP contribution >= 0.6 is 0 Å². The molecule has 112 valence electrons. The molecular formula is C12H16O6S2. The lowest BCUT2D eigenvalue weighted by molar-refractivity contribution is -0.144. The molecule has 8 heteroatoms. The predicted octanol–water partition coefficient (Wildman–Crippen LogP) is 0.815. The van der Waals surface area contributed by atoms with E-state index in [0.29, 0.717) is 0 Å². The van der Waals surface area contributed by atoms with Crippen LogP contribution in [0.5, 0.6) is 0 Å². The van der Waals surface area contributed by atoms with Gasteiger partial charge in [0.05, 0.1) is 15.9 Å². The van der Waals surface area contributed by atoms with Gasteiger partial charge in [-0.05, 0) is 38.1 Å². The second-order valence-corrected chi connectivity index (χ2v) is 8.55. The zero-order valence-electron chi connectivity index (χ0n) is 11.4. The van der Waals surface area contributed by atoms with Crippen LogP contribution in [0.3, 0.4) is 0 Å². The number of hydrogen-bond acceptors (Lipinski definition) is 6. The minimum atomic E-state index is -3.84. The molecule has 1 aromatic carbocycles. The Balaban J connectivity index is 2.97. The molecule has 0 N–H and O–H groups in total. The molecule has 1 rings (SSSR count). The quantitative estimate of drug-likeness (QED) is 0.745. The minimum Gasteiger partial charge on any atom is -0.462 e. The van der Waals surface area contributed by atoms with Crippen molar-refractivity contribution in [2.45, 2.75) is 29.7 Å². The van der Waals surface area contributed by atoms with E-state index < -0.39 is 37.5 Å². The standard InChI is InChI=1S/C12H16O6S2/c1-9(2)18-12(13)8-20(16,17)11-6-4-10(5-7-11)19(3,14)15/h4-7,9H,8H2,1-3H3. The van der Waals surface area contributed by atoms with Gasteiger partial charge in [0.15, 0.2) is 25.4 Å². The molecular weight excluding hydrogens is 304 g/mol. The van der Waals surface area contributed by atoms with Gasteiger partial charge in [-0.3, -0.25) is 4.79 Å². The first kappa shape index (κ1) is 16.6. The second-order valence-electron chi connectivity index (χ2n) is 4.54. The van der Waals surface area contributed by atoms with Crippen molar-refractivity contribution in [3.05, 3.63) is 24.3 Å². The van der Waals surface area contributed by atoms with Crippen LogP contribution in [0.1, 0.15) is 13.8 Å². The molecule has 0 radical (unpaired) electrons. The summed E-state index contributed by atoms with van der Waals surface area (Å²) in [4.78, 5) is 11.3. The van der Waals surface area contributed by atoms with Gasteiger partial charge in [-0.2, -0.15) is 0 Å². The maximum Gasteiger partial charge on any atom is 0.321 e. The van der Waals surface area contributed by atoms with E-state index in [9.17, 15) is 21.6 Å². The van der Waals surface area contributed by atoms with Gasteiger partial charge in [-0.15, -0.1) is 0 Å². The third-order valence-electron chi connectivity index (χ3n) is 2.29. The number of sulfone groups is 2. The molecule has 0 bridgehead atoms. The largest absolute Gasteiger partial charge is 0.462 e. The van der Waals surface area contributed by atoms with Crippen LogP contribution in [0.4, 0.5) is 0 Å².